The highest BCUT2D eigenvalue weighted by atomic mass is 16.5. The molecule has 0 aromatic rings. The molecule has 0 radical (unpaired) electrons. The van der Waals surface area contributed by atoms with Crippen LogP contribution in [0.1, 0.15) is 72.1 Å². The summed E-state index contributed by atoms with van der Waals surface area (Å²) in [6, 6.07) is -0.838. The molecule has 1 aliphatic rings. The molecule has 0 saturated heterocycles. The average molecular weight is 543 g/mol. The van der Waals surface area contributed by atoms with Crippen LogP contribution in [0.4, 0.5) is 0 Å². The number of nitrogens with two attached hydrogens (primary N) is 3. The molecule has 1 aliphatic carbocycles. The monoisotopic (exact) mass is 542 g/mol. The summed E-state index contributed by atoms with van der Waals surface area (Å²) >= 11 is 0. The number of hydrazine groups is 1. The summed E-state index contributed by atoms with van der Waals surface area (Å²) in [6.07, 6.45) is 6.46. The minimum Gasteiger partial charge on any atom is -0.401 e. The second-order valence-corrected chi connectivity index (χ2v) is 10.1. The molecule has 1 rings (SSSR count). The van der Waals surface area contributed by atoms with Gasteiger partial charge in [0.05, 0.1) is 25.5 Å². The van der Waals surface area contributed by atoms with Gasteiger partial charge in [0.15, 0.2) is 0 Å². The van der Waals surface area contributed by atoms with E-state index in [2.05, 4.69) is 24.5 Å². The van der Waals surface area contributed by atoms with Gasteiger partial charge in [-0.25, -0.2) is 5.84 Å². The van der Waals surface area contributed by atoms with Crippen LogP contribution in [0.25, 0.3) is 0 Å². The van der Waals surface area contributed by atoms with Crippen LogP contribution < -0.4 is 27.9 Å². The molecule has 0 saturated carbocycles. The maximum Gasteiger partial charge on any atom is 0.246 e. The normalized spacial score (nSPS) is 18.9. The zero-order valence-electron chi connectivity index (χ0n) is 23.5. The van der Waals surface area contributed by atoms with E-state index in [1.165, 1.54) is 6.92 Å². The number of nitrogens with one attached hydrogen (secondary N) is 2. The van der Waals surface area contributed by atoms with Gasteiger partial charge in [0.25, 0.3) is 0 Å². The summed E-state index contributed by atoms with van der Waals surface area (Å²) in [5.74, 6) is 5.80. The van der Waals surface area contributed by atoms with E-state index in [0.717, 1.165) is 49.9 Å². The van der Waals surface area contributed by atoms with Gasteiger partial charge in [-0.15, -0.1) is 0 Å². The standard InChI is InChI=1S/C26H50N6O6/c1-19(2)11-14-38-23-10-6-4-5-8-21(27)25(23)32(29)13-7-9-22(26(28)35)31-24(34)18-37-17-16-36-15-12-30-20(3)33/h19,22-23H,4-18,27,29H2,1-3H3,(H2,28,35)(H,30,33)(H,31,34)/b25-21-. The van der Waals surface area contributed by atoms with Crippen molar-refractivity contribution in [3.05, 3.63) is 11.4 Å². The van der Waals surface area contributed by atoms with E-state index in [-0.39, 0.29) is 31.8 Å². The topological polar surface area (TPSA) is 184 Å². The third-order valence-electron chi connectivity index (χ3n) is 6.17. The number of primary amides is 1. The van der Waals surface area contributed by atoms with Crippen molar-refractivity contribution in [1.82, 2.24) is 15.6 Å². The van der Waals surface area contributed by atoms with Gasteiger partial charge in [-0.2, -0.15) is 0 Å². The van der Waals surface area contributed by atoms with E-state index in [0.29, 0.717) is 45.1 Å². The van der Waals surface area contributed by atoms with Crippen LogP contribution in [0, 0.1) is 5.92 Å². The van der Waals surface area contributed by atoms with Crippen molar-refractivity contribution in [3.8, 4) is 0 Å². The first-order valence-electron chi connectivity index (χ1n) is 13.7. The Morgan fingerprint density at radius 3 is 2.47 bits per heavy atom. The van der Waals surface area contributed by atoms with Crippen molar-refractivity contribution in [3.63, 3.8) is 0 Å². The number of rotatable bonds is 19. The molecule has 0 aromatic carbocycles. The number of hydrogen-bond acceptors (Lipinski definition) is 9. The minimum atomic E-state index is -0.838. The van der Waals surface area contributed by atoms with Gasteiger partial charge in [-0.3, -0.25) is 14.4 Å². The molecule has 0 aromatic heterocycles. The maximum atomic E-state index is 12.2. The Bertz CT molecular complexity index is 748. The number of hydrogen-bond donors (Lipinski definition) is 5. The van der Waals surface area contributed by atoms with Crippen molar-refractivity contribution in [1.29, 1.82) is 0 Å². The van der Waals surface area contributed by atoms with Gasteiger partial charge in [0.1, 0.15) is 18.8 Å². The summed E-state index contributed by atoms with van der Waals surface area (Å²) in [4.78, 5) is 34.9. The van der Waals surface area contributed by atoms with Crippen LogP contribution in [0.2, 0.25) is 0 Å². The minimum absolute atomic E-state index is 0.124. The van der Waals surface area contributed by atoms with Crippen LogP contribution >= 0.6 is 0 Å². The Morgan fingerprint density at radius 2 is 1.79 bits per heavy atom. The molecule has 0 bridgehead atoms. The summed E-state index contributed by atoms with van der Waals surface area (Å²) in [6.45, 7) is 7.85. The molecule has 8 N–H and O–H groups in total. The molecule has 0 heterocycles. The van der Waals surface area contributed by atoms with E-state index in [9.17, 15) is 14.4 Å². The van der Waals surface area contributed by atoms with Gasteiger partial charge in [0.2, 0.25) is 17.7 Å². The quantitative estimate of drug-likeness (QED) is 0.0888. The highest BCUT2D eigenvalue weighted by molar-refractivity contribution is 5.86. The average Bonchev–Trinajstić information content (AvgIpc) is 2.82. The first-order valence-corrected chi connectivity index (χ1v) is 13.7. The molecule has 220 valence electrons. The van der Waals surface area contributed by atoms with Crippen molar-refractivity contribution < 1.29 is 28.6 Å². The number of allylic oxidation sites excluding steroid dienone is 1. The lowest BCUT2D eigenvalue weighted by molar-refractivity contribution is -0.131. The first kappa shape index (κ1) is 33.6. The zero-order valence-corrected chi connectivity index (χ0v) is 23.5. The number of carbonyl (C=O) groups excluding carboxylic acids is 3. The Labute approximate surface area is 227 Å². The second-order valence-electron chi connectivity index (χ2n) is 10.1. The highest BCUT2D eigenvalue weighted by Crippen LogP contribution is 2.25. The third-order valence-corrected chi connectivity index (χ3v) is 6.17. The van der Waals surface area contributed by atoms with Crippen LogP contribution in [-0.4, -0.2) is 81.0 Å². The molecular weight excluding hydrogens is 492 g/mol. The van der Waals surface area contributed by atoms with E-state index in [4.69, 9.17) is 31.5 Å². The number of ether oxygens (including phenoxy) is 3. The number of amides is 3. The predicted octanol–water partition coefficient (Wildman–Crippen LogP) is 0.647. The van der Waals surface area contributed by atoms with Crippen molar-refractivity contribution in [2.75, 3.05) is 46.1 Å². The summed E-state index contributed by atoms with van der Waals surface area (Å²) in [5, 5.41) is 6.87. The van der Waals surface area contributed by atoms with Gasteiger partial charge >= 0.3 is 0 Å². The molecule has 0 spiro atoms. The summed E-state index contributed by atoms with van der Waals surface area (Å²) in [5.41, 5.74) is 13.5. The van der Waals surface area contributed by atoms with E-state index in [1.54, 1.807) is 5.01 Å². The number of carbonyl (C=O) groups is 3. The Kier molecular flexibility index (Phi) is 17.4. The van der Waals surface area contributed by atoms with E-state index < -0.39 is 17.9 Å². The van der Waals surface area contributed by atoms with Crippen LogP contribution in [-0.2, 0) is 28.6 Å². The van der Waals surface area contributed by atoms with Crippen LogP contribution in [0.15, 0.2) is 11.4 Å². The SMILES string of the molecule is CC(=O)NCCOCCOCC(=O)NC(CCCN(N)/C1=C(\N)CCCCCC1OCCC(C)C)C(N)=O. The first-order chi connectivity index (χ1) is 18.1. The van der Waals surface area contributed by atoms with Crippen LogP contribution in [0.3, 0.4) is 0 Å². The lowest BCUT2D eigenvalue weighted by Gasteiger charge is -2.32. The summed E-state index contributed by atoms with van der Waals surface area (Å²) < 4.78 is 16.8. The molecule has 0 fully saturated rings. The Morgan fingerprint density at radius 1 is 1.05 bits per heavy atom. The Balaban J connectivity index is 2.48. The largest absolute Gasteiger partial charge is 0.401 e. The fourth-order valence-electron chi connectivity index (χ4n) is 4.06. The fraction of sp³-hybridized carbons (Fsp3) is 0.808. The Hall–Kier alpha value is -2.41. The fourth-order valence-corrected chi connectivity index (χ4v) is 4.06. The molecule has 12 nitrogen and oxygen atoms in total. The van der Waals surface area contributed by atoms with Crippen LogP contribution in [0.5, 0.6) is 0 Å². The van der Waals surface area contributed by atoms with E-state index in [1.807, 2.05) is 0 Å². The van der Waals surface area contributed by atoms with Gasteiger partial charge in [-0.05, 0) is 44.4 Å². The third kappa shape index (κ3) is 15.1. The van der Waals surface area contributed by atoms with Crippen molar-refractivity contribution >= 4 is 17.7 Å². The summed E-state index contributed by atoms with van der Waals surface area (Å²) in [7, 11) is 0. The molecule has 2 unspecified atom stereocenters. The molecule has 12 heteroatoms. The smallest absolute Gasteiger partial charge is 0.246 e. The molecular formula is C26H50N6O6. The highest BCUT2D eigenvalue weighted by Gasteiger charge is 2.25. The number of nitrogens with zero attached hydrogens (tertiary/aromatic N) is 1. The van der Waals surface area contributed by atoms with Gasteiger partial charge in [0, 0.05) is 32.3 Å². The lowest BCUT2D eigenvalue weighted by Crippen LogP contribution is -2.46. The lowest BCUT2D eigenvalue weighted by atomic mass is 9.98. The maximum absolute atomic E-state index is 12.2. The molecule has 2 atom stereocenters. The van der Waals surface area contributed by atoms with Gasteiger partial charge in [-0.1, -0.05) is 26.7 Å². The van der Waals surface area contributed by atoms with Gasteiger partial charge < -0.3 is 41.3 Å². The molecule has 3 amide bonds. The predicted molar refractivity (Wildman–Crippen MR) is 145 cm³/mol. The zero-order chi connectivity index (χ0) is 28.3. The molecule has 0 aliphatic heterocycles. The van der Waals surface area contributed by atoms with Crippen molar-refractivity contribution in [2.45, 2.75) is 84.3 Å². The van der Waals surface area contributed by atoms with Crippen molar-refractivity contribution in [2.24, 2.45) is 23.2 Å². The second kappa shape index (κ2) is 19.6. The molecule has 38 heavy (non-hydrogen) atoms. The van der Waals surface area contributed by atoms with E-state index >= 15 is 0 Å².